The Morgan fingerprint density at radius 3 is 2.90 bits per heavy atom. The summed E-state index contributed by atoms with van der Waals surface area (Å²) in [6, 6.07) is 6.07. The van der Waals surface area contributed by atoms with Crippen LogP contribution in [0.3, 0.4) is 0 Å². The number of likely N-dealkylation sites (tertiary alicyclic amines) is 1. The minimum atomic E-state index is -0.349. The number of hydrogen-bond acceptors (Lipinski definition) is 2. The van der Waals surface area contributed by atoms with Crippen LogP contribution in [0, 0.1) is 11.7 Å². The topological polar surface area (TPSA) is 15.3 Å². The Bertz CT molecular complexity index is 476. The summed E-state index contributed by atoms with van der Waals surface area (Å²) in [5, 5.41) is 3.77. The second kappa shape index (κ2) is 6.00. The maximum atomic E-state index is 13.2. The molecule has 0 radical (unpaired) electrons. The lowest BCUT2D eigenvalue weighted by molar-refractivity contribution is 0.310. The third-order valence-electron chi connectivity index (χ3n) is 4.54. The first-order valence-corrected chi connectivity index (χ1v) is 7.93. The molecule has 1 heterocycles. The Labute approximate surface area is 125 Å². The van der Waals surface area contributed by atoms with E-state index in [0.717, 1.165) is 24.1 Å². The van der Waals surface area contributed by atoms with Gasteiger partial charge in [-0.05, 0) is 62.9 Å². The van der Waals surface area contributed by atoms with Gasteiger partial charge in [0.25, 0.3) is 0 Å². The molecule has 2 unspecified atom stereocenters. The molecular weight excluding hydrogens is 275 g/mol. The molecule has 2 fully saturated rings. The number of hydrogen-bond donors (Lipinski definition) is 1. The zero-order valence-electron chi connectivity index (χ0n) is 11.9. The second-order valence-corrected chi connectivity index (χ2v) is 6.59. The molecule has 2 atom stereocenters. The van der Waals surface area contributed by atoms with Gasteiger partial charge in [0.1, 0.15) is 5.82 Å². The summed E-state index contributed by atoms with van der Waals surface area (Å²) in [6.45, 7) is 5.62. The molecule has 1 aliphatic heterocycles. The average Bonchev–Trinajstić information content (AvgIpc) is 3.18. The Morgan fingerprint density at radius 2 is 2.20 bits per heavy atom. The van der Waals surface area contributed by atoms with E-state index in [-0.39, 0.29) is 16.9 Å². The zero-order valence-corrected chi connectivity index (χ0v) is 12.7. The van der Waals surface area contributed by atoms with Crippen molar-refractivity contribution in [3.8, 4) is 0 Å². The van der Waals surface area contributed by atoms with Crippen molar-refractivity contribution in [1.82, 2.24) is 10.2 Å². The third kappa shape index (κ3) is 3.33. The van der Waals surface area contributed by atoms with E-state index in [2.05, 4.69) is 17.1 Å². The number of nitrogens with one attached hydrogen (secondary N) is 1. The summed E-state index contributed by atoms with van der Waals surface area (Å²) in [5.41, 5.74) is 1.05. The molecule has 1 N–H and O–H groups in total. The molecule has 110 valence electrons. The fraction of sp³-hybridized carbons (Fsp3) is 0.625. The fourth-order valence-corrected chi connectivity index (χ4v) is 3.23. The predicted octanol–water partition coefficient (Wildman–Crippen LogP) is 3.61. The van der Waals surface area contributed by atoms with Crippen LogP contribution in [-0.2, 0) is 0 Å². The minimum absolute atomic E-state index is 0.205. The van der Waals surface area contributed by atoms with Gasteiger partial charge in [-0.3, -0.25) is 0 Å². The van der Waals surface area contributed by atoms with Gasteiger partial charge in [-0.25, -0.2) is 4.39 Å². The van der Waals surface area contributed by atoms with Gasteiger partial charge >= 0.3 is 0 Å². The van der Waals surface area contributed by atoms with Crippen molar-refractivity contribution in [2.75, 3.05) is 19.6 Å². The van der Waals surface area contributed by atoms with Gasteiger partial charge in [-0.2, -0.15) is 0 Å². The van der Waals surface area contributed by atoms with Crippen LogP contribution < -0.4 is 5.32 Å². The number of benzene rings is 1. The maximum Gasteiger partial charge on any atom is 0.141 e. The highest BCUT2D eigenvalue weighted by atomic mass is 35.5. The Hall–Kier alpha value is -0.640. The lowest BCUT2D eigenvalue weighted by atomic mass is 10.1. The molecule has 1 saturated heterocycles. The van der Waals surface area contributed by atoms with Crippen LogP contribution in [0.2, 0.25) is 5.02 Å². The van der Waals surface area contributed by atoms with E-state index in [1.54, 1.807) is 6.07 Å². The molecule has 0 bridgehead atoms. The molecule has 1 aromatic rings. The van der Waals surface area contributed by atoms with Crippen molar-refractivity contribution in [1.29, 1.82) is 0 Å². The minimum Gasteiger partial charge on any atom is -0.310 e. The van der Waals surface area contributed by atoms with Crippen LogP contribution in [0.1, 0.15) is 37.8 Å². The van der Waals surface area contributed by atoms with Crippen LogP contribution in [0.25, 0.3) is 0 Å². The standard InChI is InChI=1S/C16H22ClFN2/c1-11(13-2-5-16(18)15(17)8-13)19-9-12-6-7-20(10-12)14-3-4-14/h2,5,8,11-12,14,19H,3-4,6-7,9-10H2,1H3. The molecule has 2 aliphatic rings. The van der Waals surface area contributed by atoms with Crippen molar-refractivity contribution >= 4 is 11.6 Å². The van der Waals surface area contributed by atoms with E-state index in [1.807, 2.05) is 6.07 Å². The number of halogens is 2. The monoisotopic (exact) mass is 296 g/mol. The summed E-state index contributed by atoms with van der Waals surface area (Å²) in [5.74, 6) is 0.396. The predicted molar refractivity (Wildman–Crippen MR) is 80.5 cm³/mol. The van der Waals surface area contributed by atoms with Gasteiger partial charge in [-0.1, -0.05) is 17.7 Å². The first kappa shape index (κ1) is 14.3. The van der Waals surface area contributed by atoms with Crippen LogP contribution in [0.15, 0.2) is 18.2 Å². The highest BCUT2D eigenvalue weighted by Gasteiger charge is 2.34. The molecule has 0 amide bonds. The lowest BCUT2D eigenvalue weighted by Gasteiger charge is -2.19. The molecule has 1 saturated carbocycles. The van der Waals surface area contributed by atoms with E-state index in [9.17, 15) is 4.39 Å². The number of nitrogens with zero attached hydrogens (tertiary/aromatic N) is 1. The van der Waals surface area contributed by atoms with E-state index < -0.39 is 0 Å². The summed E-state index contributed by atoms with van der Waals surface area (Å²) in [4.78, 5) is 2.63. The molecule has 4 heteroatoms. The normalized spacial score (nSPS) is 25.1. The molecule has 3 rings (SSSR count). The van der Waals surface area contributed by atoms with Gasteiger partial charge in [0.05, 0.1) is 5.02 Å². The second-order valence-electron chi connectivity index (χ2n) is 6.18. The molecule has 1 aliphatic carbocycles. The van der Waals surface area contributed by atoms with Crippen molar-refractivity contribution in [2.45, 2.75) is 38.3 Å². The summed E-state index contributed by atoms with van der Waals surface area (Å²) in [6.07, 6.45) is 4.08. The van der Waals surface area contributed by atoms with Crippen molar-refractivity contribution < 1.29 is 4.39 Å². The SMILES string of the molecule is CC(NCC1CCN(C2CC2)C1)c1ccc(F)c(Cl)c1. The van der Waals surface area contributed by atoms with E-state index in [1.165, 1.54) is 38.4 Å². The quantitative estimate of drug-likeness (QED) is 0.893. The average molecular weight is 297 g/mol. The highest BCUT2D eigenvalue weighted by Crippen LogP contribution is 2.31. The molecule has 2 nitrogen and oxygen atoms in total. The van der Waals surface area contributed by atoms with Gasteiger partial charge < -0.3 is 10.2 Å². The highest BCUT2D eigenvalue weighted by molar-refractivity contribution is 6.30. The summed E-state index contributed by atoms with van der Waals surface area (Å²) < 4.78 is 13.2. The van der Waals surface area contributed by atoms with Crippen molar-refractivity contribution in [2.24, 2.45) is 5.92 Å². The smallest absolute Gasteiger partial charge is 0.141 e. The van der Waals surface area contributed by atoms with Gasteiger partial charge in [0, 0.05) is 18.6 Å². The van der Waals surface area contributed by atoms with E-state index in [4.69, 9.17) is 11.6 Å². The van der Waals surface area contributed by atoms with Gasteiger partial charge in [-0.15, -0.1) is 0 Å². The van der Waals surface area contributed by atoms with Crippen LogP contribution in [0.5, 0.6) is 0 Å². The van der Waals surface area contributed by atoms with Gasteiger partial charge in [0.2, 0.25) is 0 Å². The van der Waals surface area contributed by atoms with Crippen molar-refractivity contribution in [3.63, 3.8) is 0 Å². The van der Waals surface area contributed by atoms with E-state index in [0.29, 0.717) is 0 Å². The molecular formula is C16H22ClFN2. The van der Waals surface area contributed by atoms with Crippen LogP contribution in [0.4, 0.5) is 4.39 Å². The van der Waals surface area contributed by atoms with Gasteiger partial charge in [0.15, 0.2) is 0 Å². The Morgan fingerprint density at radius 1 is 1.40 bits per heavy atom. The first-order chi connectivity index (χ1) is 9.63. The first-order valence-electron chi connectivity index (χ1n) is 7.56. The maximum absolute atomic E-state index is 13.2. The Kier molecular flexibility index (Phi) is 4.29. The molecule has 1 aromatic carbocycles. The number of rotatable bonds is 5. The largest absolute Gasteiger partial charge is 0.310 e. The lowest BCUT2D eigenvalue weighted by Crippen LogP contribution is -2.29. The third-order valence-corrected chi connectivity index (χ3v) is 4.83. The van der Waals surface area contributed by atoms with Crippen molar-refractivity contribution in [3.05, 3.63) is 34.6 Å². The van der Waals surface area contributed by atoms with Crippen LogP contribution in [-0.4, -0.2) is 30.6 Å². The summed E-state index contributed by atoms with van der Waals surface area (Å²) in [7, 11) is 0. The zero-order chi connectivity index (χ0) is 14.1. The Balaban J connectivity index is 1.49. The fourth-order valence-electron chi connectivity index (χ4n) is 3.04. The molecule has 0 spiro atoms. The van der Waals surface area contributed by atoms with E-state index >= 15 is 0 Å². The molecule has 20 heavy (non-hydrogen) atoms. The molecule has 0 aromatic heterocycles. The van der Waals surface area contributed by atoms with Crippen LogP contribution >= 0.6 is 11.6 Å². The summed E-state index contributed by atoms with van der Waals surface area (Å²) >= 11 is 5.84.